The van der Waals surface area contributed by atoms with Gasteiger partial charge in [0.1, 0.15) is 0 Å². The van der Waals surface area contributed by atoms with Gasteiger partial charge in [0.2, 0.25) is 0 Å². The van der Waals surface area contributed by atoms with Crippen molar-refractivity contribution in [3.63, 3.8) is 0 Å². The van der Waals surface area contributed by atoms with E-state index in [9.17, 15) is 5.11 Å². The van der Waals surface area contributed by atoms with Crippen LogP contribution in [0.2, 0.25) is 0 Å². The Morgan fingerprint density at radius 1 is 1.17 bits per heavy atom. The van der Waals surface area contributed by atoms with Gasteiger partial charge in [-0.3, -0.25) is 4.99 Å². The van der Waals surface area contributed by atoms with Crippen molar-refractivity contribution in [2.45, 2.75) is 59.3 Å². The zero-order chi connectivity index (χ0) is 17.8. The molecule has 0 aliphatic carbocycles. The average molecular weight is 341 g/mol. The maximum atomic E-state index is 9.35. The van der Waals surface area contributed by atoms with Crippen LogP contribution in [0.4, 0.5) is 0 Å². The van der Waals surface area contributed by atoms with Gasteiger partial charge in [0.15, 0.2) is 5.96 Å². The van der Waals surface area contributed by atoms with Gasteiger partial charge in [0.05, 0.1) is 0 Å². The van der Waals surface area contributed by atoms with Gasteiger partial charge in [-0.25, -0.2) is 0 Å². The van der Waals surface area contributed by atoms with E-state index < -0.39 is 0 Å². The van der Waals surface area contributed by atoms with Crippen LogP contribution in [0.5, 0.6) is 0 Å². The van der Waals surface area contributed by atoms with Crippen LogP contribution in [0.3, 0.4) is 0 Å². The average Bonchev–Trinajstić information content (AvgIpc) is 2.60. The molecule has 0 aromatic carbocycles. The quantitative estimate of drug-likeness (QED) is 0.422. The summed E-state index contributed by atoms with van der Waals surface area (Å²) in [5.74, 6) is 1.77. The Bertz CT molecular complexity index is 347. The Hall–Kier alpha value is -0.810. The van der Waals surface area contributed by atoms with Crippen molar-refractivity contribution in [2.75, 3.05) is 46.4 Å². The minimum atomic E-state index is 0.130. The first-order valence-corrected chi connectivity index (χ1v) is 9.90. The van der Waals surface area contributed by atoms with E-state index in [-0.39, 0.29) is 12.0 Å². The molecule has 3 N–H and O–H groups in total. The molecular formula is C19H40N4O. The van der Waals surface area contributed by atoms with E-state index in [2.05, 4.69) is 43.4 Å². The first-order valence-electron chi connectivity index (χ1n) is 9.90. The van der Waals surface area contributed by atoms with Gasteiger partial charge in [0.25, 0.3) is 0 Å². The predicted molar refractivity (Wildman–Crippen MR) is 104 cm³/mol. The topological polar surface area (TPSA) is 59.9 Å². The Morgan fingerprint density at radius 3 is 2.38 bits per heavy atom. The van der Waals surface area contributed by atoms with Gasteiger partial charge in [-0.1, -0.05) is 13.8 Å². The molecule has 1 aliphatic rings. The molecule has 5 nitrogen and oxygen atoms in total. The normalized spacial score (nSPS) is 18.0. The third-order valence-corrected chi connectivity index (χ3v) is 5.74. The van der Waals surface area contributed by atoms with E-state index >= 15 is 0 Å². The van der Waals surface area contributed by atoms with Crippen LogP contribution in [0.15, 0.2) is 4.99 Å². The predicted octanol–water partition coefficient (Wildman–Crippen LogP) is 2.46. The first-order chi connectivity index (χ1) is 11.6. The van der Waals surface area contributed by atoms with Crippen LogP contribution in [0.25, 0.3) is 0 Å². The molecule has 0 atom stereocenters. The number of rotatable bonds is 10. The summed E-state index contributed by atoms with van der Waals surface area (Å²) in [5.41, 5.74) is 0.130. The lowest BCUT2D eigenvalue weighted by Gasteiger charge is -2.30. The zero-order valence-electron chi connectivity index (χ0n) is 16.4. The van der Waals surface area contributed by atoms with E-state index in [1.807, 2.05) is 0 Å². The van der Waals surface area contributed by atoms with Crippen LogP contribution >= 0.6 is 0 Å². The van der Waals surface area contributed by atoms with Gasteiger partial charge in [-0.2, -0.15) is 0 Å². The number of likely N-dealkylation sites (tertiary alicyclic amines) is 1. The van der Waals surface area contributed by atoms with Gasteiger partial charge >= 0.3 is 0 Å². The van der Waals surface area contributed by atoms with Crippen molar-refractivity contribution < 1.29 is 5.11 Å². The van der Waals surface area contributed by atoms with Gasteiger partial charge in [0, 0.05) is 26.2 Å². The number of hydrogen-bond donors (Lipinski definition) is 3. The molecule has 1 saturated heterocycles. The van der Waals surface area contributed by atoms with Crippen LogP contribution in [0.1, 0.15) is 59.3 Å². The minimum absolute atomic E-state index is 0.130. The highest BCUT2D eigenvalue weighted by molar-refractivity contribution is 5.79. The molecule has 0 bridgehead atoms. The number of guanidine groups is 1. The summed E-state index contributed by atoms with van der Waals surface area (Å²) in [5, 5.41) is 16.2. The molecule has 0 spiro atoms. The number of piperidine rings is 1. The summed E-state index contributed by atoms with van der Waals surface area (Å²) in [7, 11) is 2.21. The molecule has 24 heavy (non-hydrogen) atoms. The standard InChI is InChI=1S/C19H40N4O/c1-5-19(6-2,11-15-24)16-22-18(20-7-3)21-12-8-17-9-13-23(4)14-10-17/h17,24H,5-16H2,1-4H3,(H2,20,21,22). The first kappa shape index (κ1) is 21.2. The molecule has 1 heterocycles. The molecule has 0 amide bonds. The maximum Gasteiger partial charge on any atom is 0.191 e. The molecule has 1 aliphatic heterocycles. The maximum absolute atomic E-state index is 9.35. The summed E-state index contributed by atoms with van der Waals surface area (Å²) < 4.78 is 0. The van der Waals surface area contributed by atoms with Crippen molar-refractivity contribution in [3.8, 4) is 0 Å². The van der Waals surface area contributed by atoms with E-state index in [1.165, 1.54) is 32.4 Å². The fraction of sp³-hybridized carbons (Fsp3) is 0.947. The van der Waals surface area contributed by atoms with E-state index in [0.29, 0.717) is 0 Å². The number of aliphatic hydroxyl groups excluding tert-OH is 1. The molecule has 0 saturated carbocycles. The van der Waals surface area contributed by atoms with Crippen LogP contribution in [-0.2, 0) is 0 Å². The zero-order valence-corrected chi connectivity index (χ0v) is 16.4. The third-order valence-electron chi connectivity index (χ3n) is 5.74. The second-order valence-corrected chi connectivity index (χ2v) is 7.34. The second-order valence-electron chi connectivity index (χ2n) is 7.34. The Kier molecular flexibility index (Phi) is 10.3. The summed E-state index contributed by atoms with van der Waals surface area (Å²) in [4.78, 5) is 7.24. The Morgan fingerprint density at radius 2 is 1.83 bits per heavy atom. The molecule has 142 valence electrons. The third kappa shape index (κ3) is 7.39. The Labute approximate surface area is 149 Å². The molecular weight excluding hydrogens is 300 g/mol. The lowest BCUT2D eigenvalue weighted by molar-refractivity contribution is 0.175. The molecule has 0 aromatic rings. The molecule has 1 rings (SSSR count). The van der Waals surface area contributed by atoms with Gasteiger partial charge in [-0.15, -0.1) is 0 Å². The van der Waals surface area contributed by atoms with Crippen LogP contribution < -0.4 is 10.6 Å². The number of aliphatic imine (C=N–C) groups is 1. The van der Waals surface area contributed by atoms with Crippen molar-refractivity contribution in [2.24, 2.45) is 16.3 Å². The highest BCUT2D eigenvalue weighted by Crippen LogP contribution is 2.30. The van der Waals surface area contributed by atoms with Gasteiger partial charge < -0.3 is 20.6 Å². The largest absolute Gasteiger partial charge is 0.396 e. The fourth-order valence-corrected chi connectivity index (χ4v) is 3.48. The lowest BCUT2D eigenvalue weighted by Crippen LogP contribution is -2.40. The van der Waals surface area contributed by atoms with Crippen LogP contribution in [0, 0.1) is 11.3 Å². The van der Waals surface area contributed by atoms with Crippen LogP contribution in [-0.4, -0.2) is 62.3 Å². The summed E-state index contributed by atoms with van der Waals surface area (Å²) in [6.45, 7) is 11.9. The van der Waals surface area contributed by atoms with Crippen molar-refractivity contribution in [1.29, 1.82) is 0 Å². The Balaban J connectivity index is 2.46. The number of nitrogens with one attached hydrogen (secondary N) is 2. The van der Waals surface area contributed by atoms with Gasteiger partial charge in [-0.05, 0) is 76.9 Å². The second kappa shape index (κ2) is 11.7. The molecule has 1 fully saturated rings. The van der Waals surface area contributed by atoms with Crippen molar-refractivity contribution in [1.82, 2.24) is 15.5 Å². The highest BCUT2D eigenvalue weighted by Gasteiger charge is 2.25. The van der Waals surface area contributed by atoms with E-state index in [4.69, 9.17) is 4.99 Å². The monoisotopic (exact) mass is 340 g/mol. The molecule has 5 heteroatoms. The number of nitrogens with zero attached hydrogens (tertiary/aromatic N) is 2. The minimum Gasteiger partial charge on any atom is -0.396 e. The summed E-state index contributed by atoms with van der Waals surface area (Å²) >= 11 is 0. The summed E-state index contributed by atoms with van der Waals surface area (Å²) in [6, 6.07) is 0. The fourth-order valence-electron chi connectivity index (χ4n) is 3.48. The SMILES string of the molecule is CCNC(=NCC(CC)(CC)CCO)NCCC1CCN(C)CC1. The van der Waals surface area contributed by atoms with E-state index in [0.717, 1.165) is 50.8 Å². The molecule has 0 radical (unpaired) electrons. The smallest absolute Gasteiger partial charge is 0.191 e. The van der Waals surface area contributed by atoms with Crippen molar-refractivity contribution >= 4 is 5.96 Å². The lowest BCUT2D eigenvalue weighted by atomic mass is 9.79. The number of hydrogen-bond acceptors (Lipinski definition) is 3. The molecule has 0 unspecified atom stereocenters. The summed E-state index contributed by atoms with van der Waals surface area (Å²) in [6.07, 6.45) is 6.81. The molecule has 0 aromatic heterocycles. The van der Waals surface area contributed by atoms with Crippen molar-refractivity contribution in [3.05, 3.63) is 0 Å². The number of aliphatic hydroxyl groups is 1. The highest BCUT2D eigenvalue weighted by atomic mass is 16.3. The van der Waals surface area contributed by atoms with E-state index in [1.54, 1.807) is 0 Å².